The van der Waals surface area contributed by atoms with E-state index in [1.165, 1.54) is 7.11 Å². The third kappa shape index (κ3) is 5.13. The topological polar surface area (TPSA) is 131 Å². The van der Waals surface area contributed by atoms with Crippen LogP contribution in [0.3, 0.4) is 0 Å². The number of aryl methyl sites for hydroxylation is 1. The number of unbranched alkanes of at least 4 members (excludes halogenated alkanes) is 1. The van der Waals surface area contributed by atoms with Gasteiger partial charge in [0.1, 0.15) is 5.82 Å². The molecule has 3 N–H and O–H groups in total. The second-order valence-electron chi connectivity index (χ2n) is 8.64. The summed E-state index contributed by atoms with van der Waals surface area (Å²) in [7, 11) is 2.87. The van der Waals surface area contributed by atoms with Crippen LogP contribution < -0.4 is 5.32 Å². The summed E-state index contributed by atoms with van der Waals surface area (Å²) >= 11 is 6.60. The zero-order valence-electron chi connectivity index (χ0n) is 21.0. The van der Waals surface area contributed by atoms with Crippen molar-refractivity contribution in [2.75, 3.05) is 20.8 Å². The Morgan fingerprint density at radius 2 is 1.92 bits per heavy atom. The second kappa shape index (κ2) is 11.6. The van der Waals surface area contributed by atoms with Gasteiger partial charge in [0.2, 0.25) is 5.82 Å². The SMILES string of the molecule is CCCCc1nc(Cl)c([C@@](CO)(NC)C(=O)OC)n1Cc1ccc(-c2ccccc2-c2nn[nH]n2)cc1. The van der Waals surface area contributed by atoms with Gasteiger partial charge in [-0.25, -0.2) is 9.78 Å². The number of hydrogen-bond acceptors (Lipinski definition) is 8. The van der Waals surface area contributed by atoms with Crippen LogP contribution in [0.2, 0.25) is 5.15 Å². The monoisotopic (exact) mass is 523 g/mol. The molecule has 2 heterocycles. The number of aromatic amines is 1. The Balaban J connectivity index is 1.74. The molecule has 0 fully saturated rings. The number of likely N-dealkylation sites (N-methyl/N-ethyl adjacent to an activating group) is 1. The summed E-state index contributed by atoms with van der Waals surface area (Å²) in [6.07, 6.45) is 2.56. The van der Waals surface area contributed by atoms with Gasteiger partial charge in [0.05, 0.1) is 19.4 Å². The number of carbonyl (C=O) groups excluding carboxylic acids is 1. The zero-order chi connectivity index (χ0) is 26.4. The largest absolute Gasteiger partial charge is 0.467 e. The number of ether oxygens (including phenoxy) is 1. The number of aromatic nitrogens is 6. The third-order valence-electron chi connectivity index (χ3n) is 6.48. The van der Waals surface area contributed by atoms with Crippen molar-refractivity contribution in [3.8, 4) is 22.5 Å². The highest BCUT2D eigenvalue weighted by Crippen LogP contribution is 2.33. The van der Waals surface area contributed by atoms with Gasteiger partial charge in [0.15, 0.2) is 10.7 Å². The molecule has 0 saturated heterocycles. The van der Waals surface area contributed by atoms with Crippen molar-refractivity contribution < 1.29 is 14.6 Å². The summed E-state index contributed by atoms with van der Waals surface area (Å²) in [5.74, 6) is 0.620. The molecule has 0 spiro atoms. The van der Waals surface area contributed by atoms with Crippen LogP contribution in [0.5, 0.6) is 0 Å². The Morgan fingerprint density at radius 1 is 1.19 bits per heavy atom. The molecule has 0 unspecified atom stereocenters. The molecule has 4 aromatic rings. The smallest absolute Gasteiger partial charge is 0.334 e. The minimum Gasteiger partial charge on any atom is -0.467 e. The molecule has 0 aliphatic rings. The Labute approximate surface area is 220 Å². The number of rotatable bonds is 11. The van der Waals surface area contributed by atoms with E-state index in [1.807, 2.05) is 53.1 Å². The first-order chi connectivity index (χ1) is 18.0. The number of carbonyl (C=O) groups is 1. The van der Waals surface area contributed by atoms with Gasteiger partial charge in [0.25, 0.3) is 0 Å². The van der Waals surface area contributed by atoms with Gasteiger partial charge < -0.3 is 14.4 Å². The van der Waals surface area contributed by atoms with Crippen LogP contribution in [0.25, 0.3) is 22.5 Å². The van der Waals surface area contributed by atoms with E-state index in [1.54, 1.807) is 7.05 Å². The molecule has 1 atom stereocenters. The second-order valence-corrected chi connectivity index (χ2v) is 9.00. The third-order valence-corrected chi connectivity index (χ3v) is 6.74. The predicted octanol–water partition coefficient (Wildman–Crippen LogP) is 3.35. The molecule has 11 heteroatoms. The number of esters is 1. The maximum absolute atomic E-state index is 12.8. The molecule has 0 amide bonds. The summed E-state index contributed by atoms with van der Waals surface area (Å²) in [5, 5.41) is 27.8. The highest BCUT2D eigenvalue weighted by Gasteiger charge is 2.45. The van der Waals surface area contributed by atoms with E-state index >= 15 is 0 Å². The van der Waals surface area contributed by atoms with E-state index in [0.29, 0.717) is 24.5 Å². The lowest BCUT2D eigenvalue weighted by molar-refractivity contribution is -0.151. The number of nitrogens with zero attached hydrogens (tertiary/aromatic N) is 5. The lowest BCUT2D eigenvalue weighted by Gasteiger charge is -2.30. The van der Waals surface area contributed by atoms with Crippen LogP contribution in [0, 0.1) is 0 Å². The lowest BCUT2D eigenvalue weighted by Crippen LogP contribution is -2.52. The van der Waals surface area contributed by atoms with Crippen molar-refractivity contribution in [2.24, 2.45) is 0 Å². The molecule has 0 aliphatic heterocycles. The van der Waals surface area contributed by atoms with E-state index in [4.69, 9.17) is 16.3 Å². The summed E-state index contributed by atoms with van der Waals surface area (Å²) in [6.45, 7) is 1.96. The zero-order valence-corrected chi connectivity index (χ0v) is 21.8. The molecule has 194 valence electrons. The summed E-state index contributed by atoms with van der Waals surface area (Å²) < 4.78 is 6.94. The molecular weight excluding hydrogens is 494 g/mol. The number of aliphatic hydroxyl groups is 1. The van der Waals surface area contributed by atoms with Crippen LogP contribution in [0.4, 0.5) is 0 Å². The van der Waals surface area contributed by atoms with Gasteiger partial charge in [-0.05, 0) is 35.4 Å². The van der Waals surface area contributed by atoms with Gasteiger partial charge in [-0.1, -0.05) is 73.5 Å². The van der Waals surface area contributed by atoms with Crippen molar-refractivity contribution in [3.63, 3.8) is 0 Å². The summed E-state index contributed by atoms with van der Waals surface area (Å²) in [6, 6.07) is 15.9. The van der Waals surface area contributed by atoms with Crippen LogP contribution in [-0.2, 0) is 28.0 Å². The maximum atomic E-state index is 12.8. The number of nitrogens with one attached hydrogen (secondary N) is 2. The van der Waals surface area contributed by atoms with Gasteiger partial charge in [-0.3, -0.25) is 5.32 Å². The molecular formula is C26H30ClN7O3. The fraction of sp³-hybridized carbons (Fsp3) is 0.346. The fourth-order valence-electron chi connectivity index (χ4n) is 4.46. The van der Waals surface area contributed by atoms with Gasteiger partial charge >= 0.3 is 5.97 Å². The van der Waals surface area contributed by atoms with Crippen molar-refractivity contribution >= 4 is 17.6 Å². The molecule has 37 heavy (non-hydrogen) atoms. The van der Waals surface area contributed by atoms with Crippen molar-refractivity contribution in [1.82, 2.24) is 35.5 Å². The average molecular weight is 524 g/mol. The number of aliphatic hydroxyl groups excluding tert-OH is 1. The van der Waals surface area contributed by atoms with E-state index in [2.05, 4.69) is 37.8 Å². The van der Waals surface area contributed by atoms with Gasteiger partial charge in [-0.2, -0.15) is 5.21 Å². The van der Waals surface area contributed by atoms with Crippen LogP contribution in [-0.4, -0.2) is 62.0 Å². The molecule has 0 bridgehead atoms. The molecule has 0 radical (unpaired) electrons. The number of H-pyrrole nitrogens is 1. The van der Waals surface area contributed by atoms with Crippen molar-refractivity contribution in [3.05, 3.63) is 70.8 Å². The normalized spacial score (nSPS) is 12.9. The highest BCUT2D eigenvalue weighted by atomic mass is 35.5. The van der Waals surface area contributed by atoms with Crippen molar-refractivity contribution in [2.45, 2.75) is 38.3 Å². The molecule has 2 aromatic carbocycles. The standard InChI is InChI=1S/C26H30ClN7O3/c1-4-5-10-21-29-23(27)22(26(16-35,28-2)25(36)37-3)34(21)15-17-11-13-18(14-12-17)19-8-6-7-9-20(19)24-30-32-33-31-24/h6-9,11-14,28,35H,4-5,10,15-16H2,1-3H3,(H,30,31,32,33)/t26-/m1/s1. The highest BCUT2D eigenvalue weighted by molar-refractivity contribution is 6.30. The molecule has 0 saturated carbocycles. The Morgan fingerprint density at radius 3 is 2.51 bits per heavy atom. The fourth-order valence-corrected chi connectivity index (χ4v) is 4.82. The Bertz CT molecular complexity index is 1330. The first-order valence-corrected chi connectivity index (χ1v) is 12.4. The van der Waals surface area contributed by atoms with E-state index in [0.717, 1.165) is 40.9 Å². The lowest BCUT2D eigenvalue weighted by atomic mass is 9.96. The minimum atomic E-state index is -1.55. The predicted molar refractivity (Wildman–Crippen MR) is 140 cm³/mol. The Hall–Kier alpha value is -3.60. The average Bonchev–Trinajstić information content (AvgIpc) is 3.58. The van der Waals surface area contributed by atoms with Crippen molar-refractivity contribution in [1.29, 1.82) is 0 Å². The van der Waals surface area contributed by atoms with Gasteiger partial charge in [-0.15, -0.1) is 10.2 Å². The Kier molecular flexibility index (Phi) is 8.32. The van der Waals surface area contributed by atoms with E-state index < -0.39 is 18.1 Å². The van der Waals surface area contributed by atoms with Gasteiger partial charge in [0, 0.05) is 18.5 Å². The molecule has 4 rings (SSSR count). The number of imidazole rings is 1. The van der Waals surface area contributed by atoms with E-state index in [9.17, 15) is 9.90 Å². The first-order valence-electron chi connectivity index (χ1n) is 12.0. The number of tetrazole rings is 1. The van der Waals surface area contributed by atoms with Crippen LogP contribution in [0.15, 0.2) is 48.5 Å². The number of methoxy groups -OCH3 is 1. The summed E-state index contributed by atoms with van der Waals surface area (Å²) in [4.78, 5) is 17.4. The molecule has 2 aromatic heterocycles. The van der Waals surface area contributed by atoms with E-state index in [-0.39, 0.29) is 5.15 Å². The first kappa shape index (κ1) is 26.5. The van der Waals surface area contributed by atoms with Crippen LogP contribution >= 0.6 is 11.6 Å². The maximum Gasteiger partial charge on any atom is 0.334 e. The molecule has 0 aliphatic carbocycles. The van der Waals surface area contributed by atoms with Crippen LogP contribution in [0.1, 0.15) is 36.8 Å². The molecule has 10 nitrogen and oxygen atoms in total. The summed E-state index contributed by atoms with van der Waals surface area (Å²) in [5.41, 5.74) is 2.64. The quantitative estimate of drug-likeness (QED) is 0.255. The number of benzene rings is 2. The number of hydrogen-bond donors (Lipinski definition) is 3. The number of halogens is 1. The minimum absolute atomic E-state index is 0.158.